The van der Waals surface area contributed by atoms with Gasteiger partial charge in [0, 0.05) is 31.1 Å². The van der Waals surface area contributed by atoms with E-state index in [0.29, 0.717) is 31.5 Å². The number of halogens is 1. The molecule has 0 aliphatic rings. The first-order chi connectivity index (χ1) is 12.7. The molecular weight excluding hydrogens is 335 g/mol. The Morgan fingerprint density at radius 2 is 2.04 bits per heavy atom. The number of rotatable bonds is 8. The Balaban J connectivity index is 1.82. The number of imidazole rings is 1. The fourth-order valence-corrected chi connectivity index (χ4v) is 2.66. The van der Waals surface area contributed by atoms with Crippen LogP contribution in [0.3, 0.4) is 0 Å². The third-order valence-corrected chi connectivity index (χ3v) is 3.97. The van der Waals surface area contributed by atoms with E-state index in [1.807, 2.05) is 22.9 Å². The van der Waals surface area contributed by atoms with E-state index < -0.39 is 0 Å². The Morgan fingerprint density at radius 3 is 2.81 bits per heavy atom. The molecule has 6 nitrogen and oxygen atoms in total. The molecule has 7 heteroatoms. The van der Waals surface area contributed by atoms with Crippen molar-refractivity contribution in [1.82, 2.24) is 19.7 Å². The number of aryl methyl sites for hydroxylation is 1. The van der Waals surface area contributed by atoms with E-state index >= 15 is 0 Å². The second kappa shape index (κ2) is 8.53. The van der Waals surface area contributed by atoms with Crippen LogP contribution in [0.5, 0.6) is 5.88 Å². The van der Waals surface area contributed by atoms with E-state index in [9.17, 15) is 4.39 Å². The fraction of sp³-hybridized carbons (Fsp3) is 0.316. The number of nitrogens with zero attached hydrogens (tertiary/aromatic N) is 4. The van der Waals surface area contributed by atoms with Gasteiger partial charge in [0.1, 0.15) is 18.2 Å². The molecule has 3 rings (SSSR count). The van der Waals surface area contributed by atoms with E-state index in [-0.39, 0.29) is 5.82 Å². The Morgan fingerprint density at radius 1 is 1.15 bits per heavy atom. The van der Waals surface area contributed by atoms with Crippen molar-refractivity contribution in [2.45, 2.75) is 19.9 Å². The monoisotopic (exact) mass is 356 g/mol. The number of aromatic nitrogens is 4. The summed E-state index contributed by atoms with van der Waals surface area (Å²) in [6.45, 7) is 3.48. The molecule has 0 aliphatic carbocycles. The molecule has 26 heavy (non-hydrogen) atoms. The molecule has 0 N–H and O–H groups in total. The topological polar surface area (TPSA) is 62.1 Å². The lowest BCUT2D eigenvalue weighted by Gasteiger charge is -2.12. The van der Waals surface area contributed by atoms with E-state index in [1.54, 1.807) is 19.4 Å². The Bertz CT molecular complexity index is 866. The quantitative estimate of drug-likeness (QED) is 0.580. The normalized spacial score (nSPS) is 10.9. The van der Waals surface area contributed by atoms with E-state index in [4.69, 9.17) is 9.47 Å². The molecular formula is C19H21FN4O2. The van der Waals surface area contributed by atoms with Gasteiger partial charge in [-0.1, -0.05) is 19.1 Å². The van der Waals surface area contributed by atoms with Gasteiger partial charge in [-0.3, -0.25) is 0 Å². The standard InChI is InChI=1S/C19H21FN4O2/c1-3-14-12-18(26-10-9-25-2)23-22-17(14)13-24-8-7-21-19(24)15-5-4-6-16(20)11-15/h4-8,11-12H,3,9-10,13H2,1-2H3. The molecule has 0 aliphatic heterocycles. The minimum absolute atomic E-state index is 0.288. The molecule has 0 radical (unpaired) electrons. The van der Waals surface area contributed by atoms with E-state index in [2.05, 4.69) is 22.1 Å². The molecule has 0 atom stereocenters. The van der Waals surface area contributed by atoms with Gasteiger partial charge in [-0.25, -0.2) is 9.37 Å². The van der Waals surface area contributed by atoms with Crippen molar-refractivity contribution in [3.63, 3.8) is 0 Å². The summed E-state index contributed by atoms with van der Waals surface area (Å²) in [5.74, 6) is 0.885. The maximum Gasteiger partial charge on any atom is 0.233 e. The molecule has 0 spiro atoms. The maximum atomic E-state index is 13.5. The second-order valence-electron chi connectivity index (χ2n) is 5.74. The molecule has 2 aromatic heterocycles. The number of ether oxygens (including phenoxy) is 2. The zero-order chi connectivity index (χ0) is 18.4. The summed E-state index contributed by atoms with van der Waals surface area (Å²) in [5, 5.41) is 8.45. The number of benzene rings is 1. The highest BCUT2D eigenvalue weighted by atomic mass is 19.1. The van der Waals surface area contributed by atoms with Crippen molar-refractivity contribution >= 4 is 0 Å². The summed E-state index contributed by atoms with van der Waals surface area (Å²) in [5.41, 5.74) is 2.61. The van der Waals surface area contributed by atoms with Gasteiger partial charge in [0.15, 0.2) is 0 Å². The molecule has 0 fully saturated rings. The first kappa shape index (κ1) is 18.0. The summed E-state index contributed by atoms with van der Waals surface area (Å²) in [6.07, 6.45) is 4.35. The van der Waals surface area contributed by atoms with E-state index in [1.165, 1.54) is 12.1 Å². The maximum absolute atomic E-state index is 13.5. The molecule has 1 aromatic carbocycles. The number of hydrogen-bond donors (Lipinski definition) is 0. The summed E-state index contributed by atoms with van der Waals surface area (Å²) < 4.78 is 26.0. The van der Waals surface area contributed by atoms with Gasteiger partial charge in [0.2, 0.25) is 5.88 Å². The largest absolute Gasteiger partial charge is 0.474 e. The lowest BCUT2D eigenvalue weighted by Crippen LogP contribution is -2.10. The van der Waals surface area contributed by atoms with Crippen LogP contribution in [0.4, 0.5) is 4.39 Å². The highest BCUT2D eigenvalue weighted by Gasteiger charge is 2.12. The van der Waals surface area contributed by atoms with Gasteiger partial charge in [-0.2, -0.15) is 0 Å². The smallest absolute Gasteiger partial charge is 0.233 e. The van der Waals surface area contributed by atoms with Crippen LogP contribution in [0.15, 0.2) is 42.7 Å². The predicted octanol–water partition coefficient (Wildman–Crippen LogP) is 3.12. The Labute approximate surface area is 151 Å². The second-order valence-corrected chi connectivity index (χ2v) is 5.74. The number of methoxy groups -OCH3 is 1. The van der Waals surface area contributed by atoms with Crippen LogP contribution in [0.25, 0.3) is 11.4 Å². The van der Waals surface area contributed by atoms with Gasteiger partial charge in [0.05, 0.1) is 18.8 Å². The average Bonchev–Trinajstić information content (AvgIpc) is 3.11. The first-order valence-electron chi connectivity index (χ1n) is 8.45. The van der Waals surface area contributed by atoms with Crippen molar-refractivity contribution in [1.29, 1.82) is 0 Å². The molecule has 0 saturated heterocycles. The highest BCUT2D eigenvalue weighted by molar-refractivity contribution is 5.55. The third-order valence-electron chi connectivity index (χ3n) is 3.97. The minimum Gasteiger partial charge on any atom is -0.474 e. The Hall–Kier alpha value is -2.80. The number of hydrogen-bond acceptors (Lipinski definition) is 5. The van der Waals surface area contributed by atoms with Crippen LogP contribution in [0, 0.1) is 5.82 Å². The molecule has 3 aromatic rings. The van der Waals surface area contributed by atoms with Gasteiger partial charge >= 0.3 is 0 Å². The molecule has 136 valence electrons. The van der Waals surface area contributed by atoms with E-state index in [0.717, 1.165) is 23.2 Å². The Kier molecular flexibility index (Phi) is 5.91. The fourth-order valence-electron chi connectivity index (χ4n) is 2.66. The predicted molar refractivity (Wildman–Crippen MR) is 95.5 cm³/mol. The first-order valence-corrected chi connectivity index (χ1v) is 8.45. The summed E-state index contributed by atoms with van der Waals surface area (Å²) in [6, 6.07) is 8.29. The van der Waals surface area contributed by atoms with Crippen LogP contribution < -0.4 is 4.74 Å². The lowest BCUT2D eigenvalue weighted by atomic mass is 10.1. The van der Waals surface area contributed by atoms with Crippen LogP contribution in [0.2, 0.25) is 0 Å². The van der Waals surface area contributed by atoms with Gasteiger partial charge < -0.3 is 14.0 Å². The van der Waals surface area contributed by atoms with Crippen LogP contribution >= 0.6 is 0 Å². The van der Waals surface area contributed by atoms with Crippen molar-refractivity contribution in [2.75, 3.05) is 20.3 Å². The summed E-state index contributed by atoms with van der Waals surface area (Å²) in [4.78, 5) is 4.36. The van der Waals surface area contributed by atoms with Crippen molar-refractivity contribution < 1.29 is 13.9 Å². The van der Waals surface area contributed by atoms with Gasteiger partial charge in [0.25, 0.3) is 0 Å². The average molecular weight is 356 g/mol. The summed E-state index contributed by atoms with van der Waals surface area (Å²) >= 11 is 0. The van der Waals surface area contributed by atoms with Crippen molar-refractivity contribution in [3.05, 3.63) is 59.8 Å². The molecule has 0 unspecified atom stereocenters. The van der Waals surface area contributed by atoms with Crippen LogP contribution in [-0.4, -0.2) is 40.1 Å². The highest BCUT2D eigenvalue weighted by Crippen LogP contribution is 2.21. The summed E-state index contributed by atoms with van der Waals surface area (Å²) in [7, 11) is 1.62. The van der Waals surface area contributed by atoms with Crippen molar-refractivity contribution in [3.8, 4) is 17.3 Å². The van der Waals surface area contributed by atoms with Crippen molar-refractivity contribution in [2.24, 2.45) is 0 Å². The SMILES string of the molecule is CCc1cc(OCCOC)nnc1Cn1ccnc1-c1cccc(F)c1. The third kappa shape index (κ3) is 4.23. The molecule has 0 amide bonds. The van der Waals surface area contributed by atoms with Gasteiger partial charge in [-0.05, 0) is 24.1 Å². The van der Waals surface area contributed by atoms with Crippen LogP contribution in [-0.2, 0) is 17.7 Å². The molecule has 0 bridgehead atoms. The zero-order valence-corrected chi connectivity index (χ0v) is 14.9. The minimum atomic E-state index is -0.288. The van der Waals surface area contributed by atoms with Gasteiger partial charge in [-0.15, -0.1) is 10.2 Å². The van der Waals surface area contributed by atoms with Crippen LogP contribution in [0.1, 0.15) is 18.2 Å². The molecule has 0 saturated carbocycles. The zero-order valence-electron chi connectivity index (χ0n) is 14.9. The lowest BCUT2D eigenvalue weighted by molar-refractivity contribution is 0.143. The molecule has 2 heterocycles.